The first-order valence-corrected chi connectivity index (χ1v) is 6.29. The van der Waals surface area contributed by atoms with E-state index in [1.165, 1.54) is 5.56 Å². The van der Waals surface area contributed by atoms with E-state index in [9.17, 15) is 0 Å². The van der Waals surface area contributed by atoms with Gasteiger partial charge in [0.2, 0.25) is 0 Å². The summed E-state index contributed by atoms with van der Waals surface area (Å²) < 4.78 is 6.50. The van der Waals surface area contributed by atoms with E-state index in [0.29, 0.717) is 0 Å². The highest BCUT2D eigenvalue weighted by Crippen LogP contribution is 2.25. The van der Waals surface area contributed by atoms with Crippen LogP contribution in [0.2, 0.25) is 0 Å². The molecule has 1 unspecified atom stereocenters. The van der Waals surface area contributed by atoms with Crippen LogP contribution in [-0.2, 0) is 0 Å². The molecule has 90 valence electrons. The predicted molar refractivity (Wildman–Crippen MR) is 72.2 cm³/mol. The summed E-state index contributed by atoms with van der Waals surface area (Å²) >= 11 is 3.41. The summed E-state index contributed by atoms with van der Waals surface area (Å²) in [7, 11) is 0. The Kier molecular flexibility index (Phi) is 3.52. The molecular formula is C13H15BrN2O. The molecule has 0 amide bonds. The Labute approximate surface area is 109 Å². The largest absolute Gasteiger partial charge is 0.466 e. The van der Waals surface area contributed by atoms with Gasteiger partial charge < -0.3 is 9.73 Å². The Morgan fingerprint density at radius 3 is 2.65 bits per heavy atom. The molecule has 2 heterocycles. The lowest BCUT2D eigenvalue weighted by Gasteiger charge is -2.14. The molecule has 2 aromatic rings. The Bertz CT molecular complexity index is 522. The summed E-state index contributed by atoms with van der Waals surface area (Å²) in [5.74, 6) is 1.91. The van der Waals surface area contributed by atoms with Crippen LogP contribution >= 0.6 is 15.9 Å². The van der Waals surface area contributed by atoms with Crippen LogP contribution in [0.15, 0.2) is 33.4 Å². The minimum Gasteiger partial charge on any atom is -0.466 e. The van der Waals surface area contributed by atoms with E-state index in [-0.39, 0.29) is 6.04 Å². The summed E-state index contributed by atoms with van der Waals surface area (Å²) in [5, 5.41) is 3.40. The molecule has 0 aliphatic rings. The van der Waals surface area contributed by atoms with Crippen molar-refractivity contribution < 1.29 is 4.42 Å². The zero-order valence-corrected chi connectivity index (χ0v) is 11.7. The van der Waals surface area contributed by atoms with Crippen LogP contribution in [0.25, 0.3) is 0 Å². The lowest BCUT2D eigenvalue weighted by Crippen LogP contribution is -2.06. The van der Waals surface area contributed by atoms with Crippen LogP contribution in [-0.4, -0.2) is 4.98 Å². The first kappa shape index (κ1) is 12.2. The number of halogens is 1. The number of nitrogens with zero attached hydrogens (tertiary/aromatic N) is 1. The van der Waals surface area contributed by atoms with E-state index in [1.54, 1.807) is 6.20 Å². The number of hydrogen-bond donors (Lipinski definition) is 1. The first-order valence-electron chi connectivity index (χ1n) is 5.50. The highest BCUT2D eigenvalue weighted by Gasteiger charge is 2.12. The second-order valence-electron chi connectivity index (χ2n) is 4.13. The van der Waals surface area contributed by atoms with Gasteiger partial charge in [0.1, 0.15) is 11.5 Å². The summed E-state index contributed by atoms with van der Waals surface area (Å²) in [6.45, 7) is 6.06. The molecule has 0 aromatic carbocycles. The zero-order valence-electron chi connectivity index (χ0n) is 10.1. The molecule has 0 aliphatic heterocycles. The Hall–Kier alpha value is -1.29. The molecule has 0 radical (unpaired) electrons. The van der Waals surface area contributed by atoms with E-state index >= 15 is 0 Å². The molecular weight excluding hydrogens is 280 g/mol. The minimum absolute atomic E-state index is 0.198. The third kappa shape index (κ3) is 2.88. The number of anilines is 1. The van der Waals surface area contributed by atoms with Crippen LogP contribution in [0, 0.1) is 13.8 Å². The highest BCUT2D eigenvalue weighted by molar-refractivity contribution is 9.10. The molecule has 0 spiro atoms. The molecule has 17 heavy (non-hydrogen) atoms. The zero-order chi connectivity index (χ0) is 12.4. The second-order valence-corrected chi connectivity index (χ2v) is 5.04. The van der Waals surface area contributed by atoms with Crippen molar-refractivity contribution >= 4 is 21.6 Å². The molecule has 2 aromatic heterocycles. The quantitative estimate of drug-likeness (QED) is 0.921. The van der Waals surface area contributed by atoms with Gasteiger partial charge in [0.15, 0.2) is 0 Å². The van der Waals surface area contributed by atoms with Crippen LogP contribution in [0.4, 0.5) is 5.69 Å². The molecule has 0 bridgehead atoms. The van der Waals surface area contributed by atoms with Gasteiger partial charge in [-0.3, -0.25) is 4.98 Å². The van der Waals surface area contributed by atoms with Gasteiger partial charge >= 0.3 is 0 Å². The van der Waals surface area contributed by atoms with Crippen molar-refractivity contribution in [3.8, 4) is 0 Å². The van der Waals surface area contributed by atoms with E-state index in [2.05, 4.69) is 39.2 Å². The fourth-order valence-electron chi connectivity index (χ4n) is 1.90. The van der Waals surface area contributed by atoms with Gasteiger partial charge in [0.05, 0.1) is 17.9 Å². The Morgan fingerprint density at radius 2 is 2.06 bits per heavy atom. The normalized spacial score (nSPS) is 12.5. The van der Waals surface area contributed by atoms with E-state index in [0.717, 1.165) is 21.7 Å². The highest BCUT2D eigenvalue weighted by atomic mass is 79.9. The average molecular weight is 295 g/mol. The molecule has 2 rings (SSSR count). The van der Waals surface area contributed by atoms with Gasteiger partial charge in [0.25, 0.3) is 0 Å². The van der Waals surface area contributed by atoms with Crippen molar-refractivity contribution in [1.29, 1.82) is 0 Å². The Balaban J connectivity index is 2.16. The summed E-state index contributed by atoms with van der Waals surface area (Å²) in [4.78, 5) is 4.13. The van der Waals surface area contributed by atoms with Crippen molar-refractivity contribution in [2.24, 2.45) is 0 Å². The summed E-state index contributed by atoms with van der Waals surface area (Å²) in [6.07, 6.45) is 3.58. The van der Waals surface area contributed by atoms with Crippen LogP contribution in [0.5, 0.6) is 0 Å². The third-order valence-electron chi connectivity index (χ3n) is 2.63. The lowest BCUT2D eigenvalue weighted by molar-refractivity contribution is 0.500. The molecule has 3 nitrogen and oxygen atoms in total. The number of pyridine rings is 1. The Morgan fingerprint density at radius 1 is 1.29 bits per heavy atom. The summed E-state index contributed by atoms with van der Waals surface area (Å²) in [5.41, 5.74) is 2.17. The monoisotopic (exact) mass is 294 g/mol. The van der Waals surface area contributed by atoms with Crippen molar-refractivity contribution in [2.45, 2.75) is 26.8 Å². The number of rotatable bonds is 3. The maximum absolute atomic E-state index is 5.53. The fourth-order valence-corrected chi connectivity index (χ4v) is 2.26. The lowest BCUT2D eigenvalue weighted by atomic mass is 10.1. The smallest absolute Gasteiger partial charge is 0.106 e. The van der Waals surface area contributed by atoms with Gasteiger partial charge in [-0.1, -0.05) is 0 Å². The maximum Gasteiger partial charge on any atom is 0.106 e. The topological polar surface area (TPSA) is 38.1 Å². The van der Waals surface area contributed by atoms with Gasteiger partial charge in [-0.05, 0) is 48.8 Å². The van der Waals surface area contributed by atoms with E-state index in [4.69, 9.17) is 4.42 Å². The molecule has 0 fully saturated rings. The van der Waals surface area contributed by atoms with Crippen molar-refractivity contribution in [1.82, 2.24) is 4.98 Å². The minimum atomic E-state index is 0.198. The van der Waals surface area contributed by atoms with E-state index in [1.807, 2.05) is 26.1 Å². The number of hydrogen-bond acceptors (Lipinski definition) is 3. The number of aromatic nitrogens is 1. The average Bonchev–Trinajstić information content (AvgIpc) is 2.58. The van der Waals surface area contributed by atoms with E-state index < -0.39 is 0 Å². The van der Waals surface area contributed by atoms with Gasteiger partial charge in [0, 0.05) is 16.2 Å². The van der Waals surface area contributed by atoms with Crippen LogP contribution < -0.4 is 5.32 Å². The van der Waals surface area contributed by atoms with Gasteiger partial charge in [-0.25, -0.2) is 0 Å². The predicted octanol–water partition coefficient (Wildman–Crippen LogP) is 4.23. The van der Waals surface area contributed by atoms with Gasteiger partial charge in [-0.2, -0.15) is 0 Å². The number of furan rings is 1. The molecule has 0 saturated heterocycles. The maximum atomic E-state index is 5.53. The standard InChI is InChI=1S/C13H15BrN2O/c1-8-4-13(10(3)17-8)9(2)16-12-5-11(14)6-15-7-12/h4-7,9,16H,1-3H3. The van der Waals surface area contributed by atoms with Crippen molar-refractivity contribution in [3.63, 3.8) is 0 Å². The SMILES string of the molecule is Cc1cc(C(C)Nc2cncc(Br)c2)c(C)o1. The first-order chi connectivity index (χ1) is 8.06. The summed E-state index contributed by atoms with van der Waals surface area (Å²) in [6, 6.07) is 4.27. The third-order valence-corrected chi connectivity index (χ3v) is 3.07. The fraction of sp³-hybridized carbons (Fsp3) is 0.308. The molecule has 1 N–H and O–H groups in total. The molecule has 1 atom stereocenters. The van der Waals surface area contributed by atoms with Crippen molar-refractivity contribution in [2.75, 3.05) is 5.32 Å². The van der Waals surface area contributed by atoms with Crippen LogP contribution in [0.1, 0.15) is 30.0 Å². The molecule has 0 saturated carbocycles. The van der Waals surface area contributed by atoms with Crippen LogP contribution in [0.3, 0.4) is 0 Å². The number of nitrogens with one attached hydrogen (secondary N) is 1. The number of aryl methyl sites for hydroxylation is 2. The van der Waals surface area contributed by atoms with Crippen molar-refractivity contribution in [3.05, 3.63) is 46.1 Å². The molecule has 4 heteroatoms. The second kappa shape index (κ2) is 4.92. The van der Waals surface area contributed by atoms with Gasteiger partial charge in [-0.15, -0.1) is 0 Å². The molecule has 0 aliphatic carbocycles.